The molecular weight excluding hydrogens is 340 g/mol. The second-order valence-electron chi connectivity index (χ2n) is 7.90. The van der Waals surface area contributed by atoms with Gasteiger partial charge in [0.1, 0.15) is 0 Å². The maximum Gasteiger partial charge on any atom is 0.227 e. The van der Waals surface area contributed by atoms with E-state index in [-0.39, 0.29) is 24.3 Å². The van der Waals surface area contributed by atoms with E-state index in [1.165, 1.54) is 0 Å². The lowest BCUT2D eigenvalue weighted by Crippen LogP contribution is -2.53. The van der Waals surface area contributed by atoms with E-state index < -0.39 is 10.8 Å². The van der Waals surface area contributed by atoms with Crippen LogP contribution in [0.15, 0.2) is 63.6 Å². The van der Waals surface area contributed by atoms with Gasteiger partial charge in [-0.15, -0.1) is 0 Å². The highest BCUT2D eigenvalue weighted by Gasteiger charge is 2.56. The zero-order valence-corrected chi connectivity index (χ0v) is 15.3. The molecule has 3 atom stereocenters. The summed E-state index contributed by atoms with van der Waals surface area (Å²) in [5, 5.41) is 14.9. The summed E-state index contributed by atoms with van der Waals surface area (Å²) in [5.41, 5.74) is 2.63. The van der Waals surface area contributed by atoms with E-state index in [9.17, 15) is 9.59 Å². The first kappa shape index (κ1) is 16.4. The second-order valence-corrected chi connectivity index (χ2v) is 7.90. The van der Waals surface area contributed by atoms with Crippen LogP contribution in [0.4, 0.5) is 0 Å². The van der Waals surface area contributed by atoms with Gasteiger partial charge in [0.2, 0.25) is 5.91 Å². The van der Waals surface area contributed by atoms with Crippen LogP contribution in [0.5, 0.6) is 0 Å². The van der Waals surface area contributed by atoms with Gasteiger partial charge >= 0.3 is 0 Å². The molecule has 0 radical (unpaired) electrons. The molecule has 1 aromatic rings. The number of nitrogens with one attached hydrogen (secondary N) is 2. The van der Waals surface area contributed by atoms with Crippen LogP contribution in [-0.2, 0) is 15.0 Å². The number of hydrogen-bond acceptors (Lipinski definition) is 5. The van der Waals surface area contributed by atoms with Gasteiger partial charge < -0.3 is 10.6 Å². The van der Waals surface area contributed by atoms with Crippen molar-refractivity contribution in [1.82, 2.24) is 10.6 Å². The Morgan fingerprint density at radius 2 is 2.00 bits per heavy atom. The van der Waals surface area contributed by atoms with Crippen molar-refractivity contribution in [2.75, 3.05) is 6.54 Å². The molecule has 2 N–H and O–H groups in total. The molecule has 27 heavy (non-hydrogen) atoms. The maximum absolute atomic E-state index is 13.5. The Labute approximate surface area is 157 Å². The number of allylic oxidation sites excluding steroid dienone is 2. The van der Waals surface area contributed by atoms with Crippen LogP contribution in [-0.4, -0.2) is 24.4 Å². The third-order valence-electron chi connectivity index (χ3n) is 6.67. The predicted molar refractivity (Wildman–Crippen MR) is 99.6 cm³/mol. The molecule has 1 aromatic carbocycles. The molecule has 4 aliphatic rings. The van der Waals surface area contributed by atoms with Crippen molar-refractivity contribution >= 4 is 11.7 Å². The quantitative estimate of drug-likeness (QED) is 0.849. The van der Waals surface area contributed by atoms with Crippen LogP contribution in [0.25, 0.3) is 0 Å². The highest BCUT2D eigenvalue weighted by molar-refractivity contribution is 6.05. The molecule has 1 unspecified atom stereocenters. The second kappa shape index (κ2) is 5.62. The van der Waals surface area contributed by atoms with Crippen molar-refractivity contribution < 1.29 is 9.59 Å². The minimum atomic E-state index is -0.615. The van der Waals surface area contributed by atoms with E-state index in [1.54, 1.807) is 6.20 Å². The standard InChI is InChI=1S/C21H22N4O2/c1-2-21(13-6-4-3-5-7-13)14-12-23-25-18(14)24-15-10-20(8-9-22-19(20)27)11-16(26)17(15)21/h3-7,12,18,24H,2,8-11H2,1H3,(H,22,27)/t18?,20-,21-/m1/s1. The fourth-order valence-electron chi connectivity index (χ4n) is 5.40. The van der Waals surface area contributed by atoms with Crippen LogP contribution in [0.2, 0.25) is 0 Å². The summed E-state index contributed by atoms with van der Waals surface area (Å²) >= 11 is 0. The fraction of sp³-hybridized carbons (Fsp3) is 0.429. The highest BCUT2D eigenvalue weighted by atomic mass is 16.2. The lowest BCUT2D eigenvalue weighted by Gasteiger charge is -2.47. The monoisotopic (exact) mass is 362 g/mol. The van der Waals surface area contributed by atoms with Gasteiger partial charge in [-0.05, 0) is 18.4 Å². The van der Waals surface area contributed by atoms with E-state index >= 15 is 0 Å². The van der Waals surface area contributed by atoms with Crippen molar-refractivity contribution in [1.29, 1.82) is 0 Å². The third kappa shape index (κ3) is 2.07. The Morgan fingerprint density at radius 1 is 1.19 bits per heavy atom. The average Bonchev–Trinajstić information content (AvgIpc) is 3.28. The number of rotatable bonds is 2. The normalized spacial score (nSPS) is 34.3. The summed E-state index contributed by atoms with van der Waals surface area (Å²) in [7, 11) is 0. The summed E-state index contributed by atoms with van der Waals surface area (Å²) in [4.78, 5) is 26.0. The van der Waals surface area contributed by atoms with Crippen molar-refractivity contribution in [2.45, 2.75) is 44.2 Å². The Morgan fingerprint density at radius 3 is 2.70 bits per heavy atom. The molecule has 1 spiro atoms. The number of fused-ring (bicyclic) bond motifs is 1. The van der Waals surface area contributed by atoms with E-state index in [0.29, 0.717) is 19.4 Å². The molecule has 1 saturated heterocycles. The van der Waals surface area contributed by atoms with Crippen LogP contribution in [0, 0.1) is 5.41 Å². The van der Waals surface area contributed by atoms with Crippen LogP contribution in [0.1, 0.15) is 38.2 Å². The molecule has 1 aliphatic carbocycles. The summed E-state index contributed by atoms with van der Waals surface area (Å²) in [6.07, 6.45) is 3.83. The first-order valence-electron chi connectivity index (χ1n) is 9.58. The Balaban J connectivity index is 1.73. The number of azo groups is 1. The maximum atomic E-state index is 13.5. The number of hydrogen-bond donors (Lipinski definition) is 2. The van der Waals surface area contributed by atoms with Crippen molar-refractivity contribution in [2.24, 2.45) is 15.6 Å². The zero-order valence-electron chi connectivity index (χ0n) is 15.3. The molecule has 5 rings (SSSR count). The van der Waals surface area contributed by atoms with Crippen molar-refractivity contribution in [3.8, 4) is 0 Å². The summed E-state index contributed by atoms with van der Waals surface area (Å²) in [6.45, 7) is 2.75. The number of benzene rings is 1. The van der Waals surface area contributed by atoms with Gasteiger partial charge in [0, 0.05) is 36.2 Å². The predicted octanol–water partition coefficient (Wildman–Crippen LogP) is 2.74. The molecule has 138 valence electrons. The average molecular weight is 362 g/mol. The zero-order chi connectivity index (χ0) is 18.6. The topological polar surface area (TPSA) is 82.9 Å². The number of Topliss-reactive ketones (excluding diaryl/α,β-unsaturated/α-hetero) is 1. The molecule has 0 saturated carbocycles. The molecule has 3 heterocycles. The van der Waals surface area contributed by atoms with Crippen LogP contribution < -0.4 is 10.6 Å². The number of ketones is 1. The molecule has 0 bridgehead atoms. The van der Waals surface area contributed by atoms with Gasteiger partial charge in [0.05, 0.1) is 17.0 Å². The van der Waals surface area contributed by atoms with E-state index in [1.807, 2.05) is 18.2 Å². The van der Waals surface area contributed by atoms with Crippen LogP contribution >= 0.6 is 0 Å². The van der Waals surface area contributed by atoms with Gasteiger partial charge in [-0.3, -0.25) is 9.59 Å². The summed E-state index contributed by atoms with van der Waals surface area (Å²) < 4.78 is 0. The SMILES string of the molecule is CC[C@@]1(c2ccccc2)C2=CN=NC2NC2=C1C(=O)C[C@@]1(CCNC1=O)C2. The number of carbonyl (C=O) groups excluding carboxylic acids is 2. The minimum absolute atomic E-state index is 0.000367. The molecule has 6 nitrogen and oxygen atoms in total. The summed E-state index contributed by atoms with van der Waals surface area (Å²) in [5.74, 6) is 0.0677. The third-order valence-corrected chi connectivity index (χ3v) is 6.67. The molecule has 0 aromatic heterocycles. The van der Waals surface area contributed by atoms with Gasteiger partial charge in [-0.25, -0.2) is 0 Å². The molecule has 6 heteroatoms. The van der Waals surface area contributed by atoms with Crippen LogP contribution in [0.3, 0.4) is 0 Å². The largest absolute Gasteiger partial charge is 0.362 e. The fourth-order valence-corrected chi connectivity index (χ4v) is 5.40. The molecule has 1 amide bonds. The van der Waals surface area contributed by atoms with E-state index in [0.717, 1.165) is 28.8 Å². The van der Waals surface area contributed by atoms with Gasteiger partial charge in [-0.2, -0.15) is 10.2 Å². The number of nitrogens with zero attached hydrogens (tertiary/aromatic N) is 2. The Hall–Kier alpha value is -2.76. The van der Waals surface area contributed by atoms with E-state index in [4.69, 9.17) is 0 Å². The lowest BCUT2D eigenvalue weighted by molar-refractivity contribution is -0.133. The Kier molecular flexibility index (Phi) is 3.41. The number of carbonyl (C=O) groups is 2. The minimum Gasteiger partial charge on any atom is -0.362 e. The highest BCUT2D eigenvalue weighted by Crippen LogP contribution is 2.54. The molecule has 1 fully saturated rings. The first-order valence-corrected chi connectivity index (χ1v) is 9.58. The smallest absolute Gasteiger partial charge is 0.227 e. The van der Waals surface area contributed by atoms with Gasteiger partial charge in [0.15, 0.2) is 11.9 Å². The Bertz CT molecular complexity index is 933. The van der Waals surface area contributed by atoms with Gasteiger partial charge in [-0.1, -0.05) is 37.3 Å². The number of amides is 1. The summed E-state index contributed by atoms with van der Waals surface area (Å²) in [6, 6.07) is 10.2. The van der Waals surface area contributed by atoms with Gasteiger partial charge in [0.25, 0.3) is 0 Å². The molecule has 3 aliphatic heterocycles. The lowest BCUT2D eigenvalue weighted by atomic mass is 9.58. The van der Waals surface area contributed by atoms with Crippen molar-refractivity contribution in [3.63, 3.8) is 0 Å². The molecular formula is C21H22N4O2. The first-order chi connectivity index (χ1) is 13.1. The van der Waals surface area contributed by atoms with E-state index in [2.05, 4.69) is 39.9 Å². The van der Waals surface area contributed by atoms with Crippen molar-refractivity contribution in [3.05, 3.63) is 58.9 Å².